The molecule has 35 heavy (non-hydrogen) atoms. The smallest absolute Gasteiger partial charge is 0.317 e. The van der Waals surface area contributed by atoms with Crippen LogP contribution in [0.2, 0.25) is 0 Å². The minimum absolute atomic E-state index is 0.585. The van der Waals surface area contributed by atoms with Crippen molar-refractivity contribution in [3.05, 3.63) is 53.6 Å². The minimum atomic E-state index is -0.585. The highest BCUT2D eigenvalue weighted by Crippen LogP contribution is 2.30. The molecule has 3 heterocycles. The molecule has 0 bridgehead atoms. The van der Waals surface area contributed by atoms with Crippen LogP contribution in [-0.2, 0) is 13.0 Å². The summed E-state index contributed by atoms with van der Waals surface area (Å²) < 4.78 is 7.91. The summed E-state index contributed by atoms with van der Waals surface area (Å²) in [5, 5.41) is 13.0. The van der Waals surface area contributed by atoms with Crippen LogP contribution in [0.3, 0.4) is 0 Å². The van der Waals surface area contributed by atoms with Crippen LogP contribution in [0.4, 0.5) is 16.3 Å². The Balaban J connectivity index is 1.14. The molecule has 2 amide bonds. The van der Waals surface area contributed by atoms with Crippen LogP contribution in [0.1, 0.15) is 30.4 Å². The number of nitrogens with two attached hydrogens (primary N) is 1. The lowest BCUT2D eigenvalue weighted by Crippen LogP contribution is -2.46. The molecule has 2 aliphatic heterocycles. The maximum atomic E-state index is 11.5. The fraction of sp³-hybridized carbons (Fsp3) is 0.407. The van der Waals surface area contributed by atoms with E-state index in [2.05, 4.69) is 44.0 Å². The number of primary amides is 1. The summed E-state index contributed by atoms with van der Waals surface area (Å²) >= 11 is 0. The van der Waals surface area contributed by atoms with Gasteiger partial charge in [-0.15, -0.1) is 0 Å². The normalized spacial score (nSPS) is 15.9. The van der Waals surface area contributed by atoms with Crippen LogP contribution in [0.5, 0.6) is 5.75 Å². The first-order chi connectivity index (χ1) is 17.1. The molecule has 1 fully saturated rings. The molecule has 3 N–H and O–H groups in total. The summed E-state index contributed by atoms with van der Waals surface area (Å²) in [5.41, 5.74) is 9.51. The largest absolute Gasteiger partial charge is 0.493 e. The van der Waals surface area contributed by atoms with Crippen molar-refractivity contribution in [3.8, 4) is 11.8 Å². The third-order valence-electron chi connectivity index (χ3n) is 7.03. The number of urea groups is 1. The van der Waals surface area contributed by atoms with E-state index >= 15 is 0 Å². The molecule has 2 aromatic carbocycles. The highest BCUT2D eigenvalue weighted by Gasteiger charge is 2.19. The van der Waals surface area contributed by atoms with Crippen molar-refractivity contribution < 1.29 is 9.53 Å². The van der Waals surface area contributed by atoms with Crippen molar-refractivity contribution >= 4 is 28.4 Å². The predicted octanol–water partition coefficient (Wildman–Crippen LogP) is 3.93. The molecule has 5 rings (SSSR count). The number of aromatic nitrogens is 1. The Morgan fingerprint density at radius 3 is 2.69 bits per heavy atom. The summed E-state index contributed by atoms with van der Waals surface area (Å²) in [7, 11) is 0. The Bertz CT molecular complexity index is 1250. The number of ether oxygens (including phenoxy) is 1. The lowest BCUT2D eigenvalue weighted by Gasteiger charge is -2.36. The van der Waals surface area contributed by atoms with Crippen molar-refractivity contribution in [2.24, 2.45) is 5.73 Å². The Morgan fingerprint density at radius 2 is 1.89 bits per heavy atom. The van der Waals surface area contributed by atoms with E-state index in [0.717, 1.165) is 88.2 Å². The van der Waals surface area contributed by atoms with Gasteiger partial charge in [0.05, 0.1) is 23.8 Å². The molecular weight excluding hydrogens is 440 g/mol. The maximum absolute atomic E-state index is 11.5. The van der Waals surface area contributed by atoms with E-state index < -0.39 is 6.03 Å². The highest BCUT2D eigenvalue weighted by atomic mass is 16.5. The highest BCUT2D eigenvalue weighted by molar-refractivity contribution is 5.93. The van der Waals surface area contributed by atoms with E-state index in [9.17, 15) is 10.1 Å². The SMILES string of the molecule is N#Cc1ccc2cc(NC(N)=O)n(CCCCN3CCN(c4ccc5c(c4)OCCC5)CC3)c2c1. The standard InChI is InChI=1S/C27H32N6O2/c28-19-20-5-6-22-17-26(30-27(29)34)33(24(22)16-20)10-2-1-9-31-11-13-32(14-12-31)23-8-7-21-4-3-15-35-25(21)18-23/h5-8,16-18H,1-4,9-15H2,(H3,29,30,34). The van der Waals surface area contributed by atoms with Gasteiger partial charge in [0.15, 0.2) is 0 Å². The molecule has 8 nitrogen and oxygen atoms in total. The predicted molar refractivity (Wildman–Crippen MR) is 138 cm³/mol. The zero-order chi connectivity index (χ0) is 24.2. The van der Waals surface area contributed by atoms with Crippen molar-refractivity contribution in [1.82, 2.24) is 9.47 Å². The van der Waals surface area contributed by atoms with Gasteiger partial charge in [-0.05, 0) is 62.1 Å². The maximum Gasteiger partial charge on any atom is 0.317 e. The minimum Gasteiger partial charge on any atom is -0.493 e. The van der Waals surface area contributed by atoms with Crippen molar-refractivity contribution in [2.75, 3.05) is 49.5 Å². The Morgan fingerprint density at radius 1 is 1.06 bits per heavy atom. The summed E-state index contributed by atoms with van der Waals surface area (Å²) in [6.07, 6.45) is 4.24. The zero-order valence-corrected chi connectivity index (χ0v) is 20.0. The number of carbonyl (C=O) groups is 1. The number of carbonyl (C=O) groups excluding carboxylic acids is 1. The second-order valence-electron chi connectivity index (χ2n) is 9.34. The van der Waals surface area contributed by atoms with Crippen LogP contribution in [-0.4, -0.2) is 54.8 Å². The Labute approximate surface area is 205 Å². The van der Waals surface area contributed by atoms with E-state index in [0.29, 0.717) is 11.4 Å². The topological polar surface area (TPSA) is 99.5 Å². The monoisotopic (exact) mass is 472 g/mol. The molecule has 0 atom stereocenters. The van der Waals surface area contributed by atoms with E-state index in [4.69, 9.17) is 10.5 Å². The van der Waals surface area contributed by atoms with Gasteiger partial charge in [0.25, 0.3) is 0 Å². The number of anilines is 2. The number of rotatable bonds is 7. The van der Waals surface area contributed by atoms with Crippen LogP contribution in [0.25, 0.3) is 10.9 Å². The molecule has 3 aromatic rings. The number of hydrogen-bond donors (Lipinski definition) is 2. The quantitative estimate of drug-likeness (QED) is 0.508. The second-order valence-corrected chi connectivity index (χ2v) is 9.34. The van der Waals surface area contributed by atoms with Gasteiger partial charge in [0.2, 0.25) is 0 Å². The van der Waals surface area contributed by atoms with Crippen molar-refractivity contribution in [3.63, 3.8) is 0 Å². The molecule has 0 saturated carbocycles. The second kappa shape index (κ2) is 10.3. The van der Waals surface area contributed by atoms with Gasteiger partial charge in [-0.2, -0.15) is 5.26 Å². The zero-order valence-electron chi connectivity index (χ0n) is 20.0. The summed E-state index contributed by atoms with van der Waals surface area (Å²) in [6.45, 7) is 6.75. The lowest BCUT2D eigenvalue weighted by molar-refractivity contribution is 0.251. The van der Waals surface area contributed by atoms with Crippen LogP contribution >= 0.6 is 0 Å². The molecule has 0 radical (unpaired) electrons. The fourth-order valence-electron chi connectivity index (χ4n) is 5.16. The van der Waals surface area contributed by atoms with E-state index in [1.165, 1.54) is 11.3 Å². The molecule has 1 saturated heterocycles. The molecule has 0 unspecified atom stereocenters. The average Bonchev–Trinajstić information content (AvgIpc) is 3.22. The van der Waals surface area contributed by atoms with Gasteiger partial charge in [-0.3, -0.25) is 10.2 Å². The number of nitrogens with zero attached hydrogens (tertiary/aromatic N) is 4. The molecule has 8 heteroatoms. The first-order valence-electron chi connectivity index (χ1n) is 12.4. The Hall–Kier alpha value is -3.70. The number of nitrogens with one attached hydrogen (secondary N) is 1. The molecule has 1 aromatic heterocycles. The van der Waals surface area contributed by atoms with Gasteiger partial charge in [-0.25, -0.2) is 4.79 Å². The van der Waals surface area contributed by atoms with Crippen LogP contribution < -0.4 is 20.7 Å². The number of hydrogen-bond acceptors (Lipinski definition) is 5. The van der Waals surface area contributed by atoms with Crippen LogP contribution in [0, 0.1) is 11.3 Å². The van der Waals surface area contributed by atoms with Gasteiger partial charge >= 0.3 is 6.03 Å². The van der Waals surface area contributed by atoms with E-state index in [1.54, 1.807) is 6.07 Å². The summed E-state index contributed by atoms with van der Waals surface area (Å²) in [6, 6.07) is 15.8. The fourth-order valence-corrected chi connectivity index (χ4v) is 5.16. The Kier molecular flexibility index (Phi) is 6.77. The average molecular weight is 473 g/mol. The molecular formula is C27H32N6O2. The number of piperazine rings is 1. The number of unbranched alkanes of at least 4 members (excludes halogenated alkanes) is 1. The summed E-state index contributed by atoms with van der Waals surface area (Å²) in [5.74, 6) is 1.73. The first-order valence-corrected chi connectivity index (χ1v) is 12.4. The molecule has 2 aliphatic rings. The summed E-state index contributed by atoms with van der Waals surface area (Å²) in [4.78, 5) is 16.5. The van der Waals surface area contributed by atoms with Gasteiger partial charge in [0.1, 0.15) is 11.6 Å². The number of fused-ring (bicyclic) bond motifs is 2. The number of nitriles is 1. The van der Waals surface area contributed by atoms with E-state index in [-0.39, 0.29) is 0 Å². The van der Waals surface area contributed by atoms with Gasteiger partial charge in [-0.1, -0.05) is 12.1 Å². The molecule has 182 valence electrons. The third kappa shape index (κ3) is 5.20. The van der Waals surface area contributed by atoms with Gasteiger partial charge in [0, 0.05) is 49.9 Å². The third-order valence-corrected chi connectivity index (χ3v) is 7.03. The molecule has 0 spiro atoms. The number of benzene rings is 2. The first kappa shape index (κ1) is 23.1. The van der Waals surface area contributed by atoms with Crippen LogP contribution in [0.15, 0.2) is 42.5 Å². The number of aryl methyl sites for hydroxylation is 2. The van der Waals surface area contributed by atoms with E-state index in [1.807, 2.05) is 18.2 Å². The number of amides is 2. The molecule has 0 aliphatic carbocycles. The van der Waals surface area contributed by atoms with Crippen molar-refractivity contribution in [2.45, 2.75) is 32.2 Å². The van der Waals surface area contributed by atoms with Gasteiger partial charge < -0.3 is 19.9 Å². The van der Waals surface area contributed by atoms with Crippen molar-refractivity contribution in [1.29, 1.82) is 5.26 Å². The lowest BCUT2D eigenvalue weighted by atomic mass is 10.1.